The Morgan fingerprint density at radius 3 is 2.05 bits per heavy atom. The highest BCUT2D eigenvalue weighted by Crippen LogP contribution is 2.65. The summed E-state index contributed by atoms with van der Waals surface area (Å²) in [4.78, 5) is 68.5. The van der Waals surface area contributed by atoms with E-state index in [9.17, 15) is 34.5 Å². The number of rotatable bonds is 10. The van der Waals surface area contributed by atoms with Crippen molar-refractivity contribution in [2.45, 2.75) is 89.0 Å². The zero-order valence-electron chi connectivity index (χ0n) is 32.7. The Morgan fingerprint density at radius 2 is 1.48 bits per heavy atom. The molecule has 3 saturated heterocycles. The number of carbonyl (C=O) groups excluding carboxylic acids is 5. The van der Waals surface area contributed by atoms with Crippen LogP contribution in [0.1, 0.15) is 73.4 Å². The molecule has 0 radical (unpaired) electrons. The van der Waals surface area contributed by atoms with Crippen molar-refractivity contribution in [2.75, 3.05) is 13.2 Å². The van der Waals surface area contributed by atoms with Crippen LogP contribution < -0.4 is 5.32 Å². The first-order valence-electron chi connectivity index (χ1n) is 19.1. The van der Waals surface area contributed by atoms with Crippen molar-refractivity contribution in [3.05, 3.63) is 119 Å². The van der Waals surface area contributed by atoms with E-state index in [1.54, 1.807) is 99.6 Å². The highest BCUT2D eigenvalue weighted by Gasteiger charge is 2.80. The fraction of sp³-hybridized carbons (Fsp3) is 0.432. The van der Waals surface area contributed by atoms with Gasteiger partial charge in [-0.3, -0.25) is 14.4 Å². The van der Waals surface area contributed by atoms with Gasteiger partial charge >= 0.3 is 17.9 Å². The topological polar surface area (TPSA) is 204 Å². The molecule has 2 unspecified atom stereocenters. The van der Waals surface area contributed by atoms with Crippen molar-refractivity contribution < 1.29 is 63.0 Å². The monoisotopic (exact) mass is 797 g/mol. The summed E-state index contributed by atoms with van der Waals surface area (Å²) >= 11 is 0. The number of aliphatic hydroxyl groups excluding tert-OH is 2. The molecule has 7 rings (SSSR count). The molecule has 3 aromatic carbocycles. The van der Waals surface area contributed by atoms with Crippen molar-refractivity contribution in [3.8, 4) is 0 Å². The standard InChI is InChI=1S/C44H47NO13/c1-24(22-54-40(52)33(48)32(26-15-9-6-10-16-26)45-38(50)27-17-11-7-12-18-27)31-34-36(49)42(5)29(47)21-30-43(23-55-30,57-25(2)46)35(42)37(44(53,58-34)41(31,3)4)56-39(51)28-19-13-8-14-20-28/h6-20,29-30,32-35,37,47-48,53H,21-23H2,1-5H3,(H,45,50)/b31-24-/t29-,30+,32-,33+,34+,35?,37?,42+,43-,44+/m0/s1. The maximum absolute atomic E-state index is 15.1. The molecule has 3 aliphatic heterocycles. The number of ketones is 1. The zero-order valence-corrected chi connectivity index (χ0v) is 32.7. The van der Waals surface area contributed by atoms with Crippen molar-refractivity contribution in [1.82, 2.24) is 5.32 Å². The summed E-state index contributed by atoms with van der Waals surface area (Å²) in [6.45, 7) is 6.71. The van der Waals surface area contributed by atoms with E-state index in [0.29, 0.717) is 11.1 Å². The van der Waals surface area contributed by atoms with Crippen molar-refractivity contribution in [2.24, 2.45) is 16.7 Å². The summed E-state index contributed by atoms with van der Waals surface area (Å²) in [7, 11) is 0. The number of amides is 1. The molecule has 2 bridgehead atoms. The maximum Gasteiger partial charge on any atom is 0.338 e. The lowest BCUT2D eigenvalue weighted by molar-refractivity contribution is -0.356. The summed E-state index contributed by atoms with van der Waals surface area (Å²) in [5.41, 5.74) is -3.67. The fourth-order valence-corrected chi connectivity index (χ4v) is 9.38. The Balaban J connectivity index is 1.24. The van der Waals surface area contributed by atoms with Gasteiger partial charge in [0.1, 0.15) is 18.8 Å². The van der Waals surface area contributed by atoms with Crippen LogP contribution in [-0.4, -0.2) is 100 Å². The van der Waals surface area contributed by atoms with Gasteiger partial charge in [0, 0.05) is 24.3 Å². The molecule has 4 aliphatic rings. The van der Waals surface area contributed by atoms with Crippen LogP contribution in [0.2, 0.25) is 0 Å². The number of ether oxygens (including phenoxy) is 5. The molecular formula is C44H47NO13. The number of aliphatic hydroxyl groups is 3. The highest BCUT2D eigenvalue weighted by molar-refractivity contribution is 5.96. The van der Waals surface area contributed by atoms with E-state index in [0.717, 1.165) is 0 Å². The number of nitrogens with one attached hydrogen (secondary N) is 1. The number of carbonyl (C=O) groups is 5. The second kappa shape index (κ2) is 15.2. The molecule has 306 valence electrons. The van der Waals surface area contributed by atoms with E-state index < -0.39 is 101 Å². The summed E-state index contributed by atoms with van der Waals surface area (Å²) in [5.74, 6) is -7.73. The third-order valence-electron chi connectivity index (χ3n) is 12.4. The Morgan fingerprint density at radius 1 is 0.897 bits per heavy atom. The molecule has 1 aliphatic carbocycles. The van der Waals surface area contributed by atoms with Crippen LogP contribution >= 0.6 is 0 Å². The number of hydrogen-bond acceptors (Lipinski definition) is 13. The number of Topliss-reactive ketones (excluding diaryl/α,β-unsaturated/α-hetero) is 1. The highest BCUT2D eigenvalue weighted by atomic mass is 16.7. The Bertz CT molecular complexity index is 2120. The third-order valence-corrected chi connectivity index (χ3v) is 12.4. The number of fused-ring (bicyclic) bond motifs is 5. The van der Waals surface area contributed by atoms with Gasteiger partial charge in [-0.15, -0.1) is 0 Å². The Kier molecular flexibility index (Phi) is 10.7. The van der Waals surface area contributed by atoms with Gasteiger partial charge in [0.15, 0.2) is 23.6 Å². The maximum atomic E-state index is 15.1. The molecule has 4 fully saturated rings. The molecule has 0 aromatic heterocycles. The summed E-state index contributed by atoms with van der Waals surface area (Å²) in [5, 5.41) is 38.9. The first kappa shape index (κ1) is 40.9. The van der Waals surface area contributed by atoms with Crippen LogP contribution in [0, 0.1) is 16.7 Å². The van der Waals surface area contributed by atoms with Gasteiger partial charge < -0.3 is 44.3 Å². The number of esters is 3. The molecule has 3 aromatic rings. The lowest BCUT2D eigenvalue weighted by atomic mass is 9.49. The van der Waals surface area contributed by atoms with E-state index in [2.05, 4.69) is 5.32 Å². The Hall–Kier alpha value is -5.25. The number of hydrogen-bond donors (Lipinski definition) is 4. The molecule has 1 amide bonds. The predicted octanol–water partition coefficient (Wildman–Crippen LogP) is 3.39. The molecule has 58 heavy (non-hydrogen) atoms. The molecule has 4 N–H and O–H groups in total. The van der Waals surface area contributed by atoms with Gasteiger partial charge in [0.05, 0.1) is 35.6 Å². The van der Waals surface area contributed by atoms with Gasteiger partial charge in [0.2, 0.25) is 5.79 Å². The quantitative estimate of drug-likeness (QED) is 0.132. The van der Waals surface area contributed by atoms with Crippen molar-refractivity contribution in [1.29, 1.82) is 0 Å². The minimum absolute atomic E-state index is 0.114. The van der Waals surface area contributed by atoms with E-state index in [1.165, 1.54) is 26.0 Å². The minimum Gasteiger partial charge on any atom is -0.459 e. The largest absolute Gasteiger partial charge is 0.459 e. The van der Waals surface area contributed by atoms with Crippen molar-refractivity contribution in [3.63, 3.8) is 0 Å². The normalized spacial score (nSPS) is 32.5. The molecule has 10 atom stereocenters. The molecule has 3 heterocycles. The molecule has 1 saturated carbocycles. The summed E-state index contributed by atoms with van der Waals surface area (Å²) in [6, 6.07) is 23.5. The zero-order chi connectivity index (χ0) is 41.8. The van der Waals surface area contributed by atoms with Crippen LogP contribution in [0.15, 0.2) is 102 Å². The molecule has 14 heteroatoms. The summed E-state index contributed by atoms with van der Waals surface area (Å²) in [6.07, 6.45) is -7.59. The smallest absolute Gasteiger partial charge is 0.338 e. The lowest BCUT2D eigenvalue weighted by Gasteiger charge is -2.63. The van der Waals surface area contributed by atoms with Crippen LogP contribution in [0.3, 0.4) is 0 Å². The lowest BCUT2D eigenvalue weighted by Crippen LogP contribution is -2.79. The summed E-state index contributed by atoms with van der Waals surface area (Å²) < 4.78 is 30.0. The minimum atomic E-state index is -2.50. The van der Waals surface area contributed by atoms with Crippen LogP contribution in [0.25, 0.3) is 0 Å². The average molecular weight is 798 g/mol. The number of benzene rings is 3. The van der Waals surface area contributed by atoms with E-state index in [1.807, 2.05) is 0 Å². The molecular weight excluding hydrogens is 750 g/mol. The Labute approximate surface area is 335 Å². The van der Waals surface area contributed by atoms with Gasteiger partial charge in [-0.25, -0.2) is 9.59 Å². The van der Waals surface area contributed by atoms with Gasteiger partial charge in [-0.2, -0.15) is 0 Å². The average Bonchev–Trinajstić information content (AvgIpc) is 3.39. The third kappa shape index (κ3) is 6.52. The first-order chi connectivity index (χ1) is 27.5. The van der Waals surface area contributed by atoms with E-state index in [4.69, 9.17) is 23.7 Å². The fourth-order valence-electron chi connectivity index (χ4n) is 9.38. The second-order valence-corrected chi connectivity index (χ2v) is 16.2. The molecule has 0 spiro atoms. The SMILES string of the molecule is CC(=O)O[C@@]12CO[C@@H]1C[C@H](O)[C@@]1(C)C(=O)[C@@H]3O[C@](O)(C(OC(=O)c4ccccc4)C12)C(C)(C)/C3=C(/C)COC(=O)[C@H](O)[C@@H](NC(=O)c1ccccc1)c1ccccc1. The van der Waals surface area contributed by atoms with Crippen LogP contribution in [0.5, 0.6) is 0 Å². The van der Waals surface area contributed by atoms with Crippen molar-refractivity contribution >= 4 is 29.6 Å². The van der Waals surface area contributed by atoms with Crippen LogP contribution in [0.4, 0.5) is 0 Å². The van der Waals surface area contributed by atoms with E-state index in [-0.39, 0.29) is 29.7 Å². The predicted molar refractivity (Wildman–Crippen MR) is 203 cm³/mol. The van der Waals surface area contributed by atoms with Gasteiger partial charge in [0.25, 0.3) is 5.91 Å². The van der Waals surface area contributed by atoms with E-state index >= 15 is 4.79 Å². The van der Waals surface area contributed by atoms with Gasteiger partial charge in [-0.05, 0) is 54.8 Å². The second-order valence-electron chi connectivity index (χ2n) is 16.2. The molecule has 14 nitrogen and oxygen atoms in total. The van der Waals surface area contributed by atoms with Crippen LogP contribution in [-0.2, 0) is 38.1 Å². The first-order valence-corrected chi connectivity index (χ1v) is 19.1. The van der Waals surface area contributed by atoms with Gasteiger partial charge in [-0.1, -0.05) is 80.6 Å².